The van der Waals surface area contributed by atoms with Crippen LogP contribution in [0.2, 0.25) is 5.02 Å². The number of nitrogens with one attached hydrogen (secondary N) is 12. The van der Waals surface area contributed by atoms with Crippen molar-refractivity contribution < 1.29 is 62.6 Å². The van der Waals surface area contributed by atoms with Crippen molar-refractivity contribution in [3.05, 3.63) is 143 Å². The Hall–Kier alpha value is -9.37. The van der Waals surface area contributed by atoms with Crippen LogP contribution in [0.5, 0.6) is 0 Å². The Balaban J connectivity index is 1.21. The summed E-state index contributed by atoms with van der Waals surface area (Å²) < 4.78 is 0. The third-order valence-electron chi connectivity index (χ3n) is 14.8. The van der Waals surface area contributed by atoms with E-state index in [0.29, 0.717) is 33.7 Å². The molecule has 29 nitrogen and oxygen atoms in total. The third-order valence-corrected chi connectivity index (χ3v) is 15.8. The summed E-state index contributed by atoms with van der Waals surface area (Å²) in [5.74, 6) is -9.14. The molecule has 6 rings (SSSR count). The molecule has 0 radical (unpaired) electrons. The molecule has 5 aromatic rings. The number of urea groups is 2. The van der Waals surface area contributed by atoms with Crippen LogP contribution in [-0.4, -0.2) is 155 Å². The maximum Gasteiger partial charge on any atom is 0.322 e. The molecule has 94 heavy (non-hydrogen) atoms. The number of unbranched alkanes of at least 4 members (excludes halogenated alkanes) is 1. The summed E-state index contributed by atoms with van der Waals surface area (Å²) in [6.45, 7) is 1.41. The number of hydrazine groups is 1. The van der Waals surface area contributed by atoms with Crippen molar-refractivity contribution in [2.45, 2.75) is 119 Å². The molecule has 0 aliphatic carbocycles. The number of primary amides is 2. The molecule has 1 saturated heterocycles. The summed E-state index contributed by atoms with van der Waals surface area (Å²) in [7, 11) is 0. The number of aliphatic hydroxyl groups excluding tert-OH is 1. The number of anilines is 2. The second kappa shape index (κ2) is 36.2. The molecule has 21 N–H and O–H groups in total. The number of thiol groups is 2. The molecule has 1 aliphatic rings. The van der Waals surface area contributed by atoms with Crippen LogP contribution >= 0.6 is 36.9 Å². The van der Waals surface area contributed by atoms with Gasteiger partial charge in [0.15, 0.2) is 0 Å². The van der Waals surface area contributed by atoms with Gasteiger partial charge in [-0.1, -0.05) is 96.9 Å². The topological polar surface area (TPSA) is 474 Å². The van der Waals surface area contributed by atoms with Gasteiger partial charge in [0.1, 0.15) is 48.3 Å². The number of hydrogen-bond acceptors (Lipinski definition) is 18. The number of carbonyl (C=O) groups excluding carboxylic acids is 12. The first-order valence-corrected chi connectivity index (χ1v) is 31.4. The van der Waals surface area contributed by atoms with Crippen molar-refractivity contribution in [2.75, 3.05) is 28.7 Å². The Labute approximate surface area is 556 Å². The number of benzene rings is 5. The molecule has 10 atom stereocenters. The monoisotopic (exact) mass is 1350 g/mol. The van der Waals surface area contributed by atoms with Crippen LogP contribution in [0.4, 0.5) is 21.0 Å². The van der Waals surface area contributed by atoms with Gasteiger partial charge < -0.3 is 75.9 Å². The predicted octanol–water partition coefficient (Wildman–Crippen LogP) is -1.13. The van der Waals surface area contributed by atoms with E-state index < -0.39 is 132 Å². The fraction of sp³-hybridized carbons (Fsp3) is 0.355. The van der Waals surface area contributed by atoms with Gasteiger partial charge in [-0.15, -0.1) is 0 Å². The highest BCUT2D eigenvalue weighted by Crippen LogP contribution is 2.19. The smallest absolute Gasteiger partial charge is 0.322 e. The molecule has 1 fully saturated rings. The summed E-state index contributed by atoms with van der Waals surface area (Å²) in [4.78, 5) is 160. The SMILES string of the molecule is C[C@@H](O)[C@H](NC(=O)[C@H](CCCCN)NNC(=O)[C@@H](Cc1ccc(NC(N)=O)cc1)NC(=O)[C@@H](Cc1ccc(NC(=O)C2CC(=O)NC(=O)N2)cc1)NC(=O)[C@@H](CS)NC(=O)[C@H](N)Cc1ccc(Cl)cc1)C(=O)N[C@@H](CS)C(=O)N[C@@H](Cc1ccc2ccccc2c1)C(N)=O. The Morgan fingerprint density at radius 2 is 1.06 bits per heavy atom. The highest BCUT2D eigenvalue weighted by Gasteiger charge is 2.36. The molecule has 1 aliphatic heterocycles. The van der Waals surface area contributed by atoms with E-state index in [9.17, 15) is 62.6 Å². The first-order valence-electron chi connectivity index (χ1n) is 29.7. The summed E-state index contributed by atoms with van der Waals surface area (Å²) in [5, 5.41) is 38.0. The zero-order valence-corrected chi connectivity index (χ0v) is 53.5. The van der Waals surface area contributed by atoms with Crippen molar-refractivity contribution in [1.29, 1.82) is 0 Å². The predicted molar refractivity (Wildman–Crippen MR) is 356 cm³/mol. The highest BCUT2D eigenvalue weighted by atomic mass is 35.5. The first kappa shape index (κ1) is 73.7. The average Bonchev–Trinajstić information content (AvgIpc) is 1.01. The number of imide groups is 1. The van der Waals surface area contributed by atoms with Gasteiger partial charge in [-0.3, -0.25) is 58.7 Å². The molecular formula is C62H77ClN16O13S2. The van der Waals surface area contributed by atoms with E-state index >= 15 is 0 Å². The zero-order valence-electron chi connectivity index (χ0n) is 50.9. The van der Waals surface area contributed by atoms with Gasteiger partial charge in [-0.05, 0) is 102 Å². The van der Waals surface area contributed by atoms with Crippen molar-refractivity contribution in [3.8, 4) is 0 Å². The van der Waals surface area contributed by atoms with Crippen LogP contribution < -0.4 is 87.0 Å². The van der Waals surface area contributed by atoms with Gasteiger partial charge in [-0.25, -0.2) is 15.0 Å². The van der Waals surface area contributed by atoms with Crippen LogP contribution in [0.15, 0.2) is 115 Å². The summed E-state index contributed by atoms with van der Waals surface area (Å²) in [5.41, 5.74) is 30.9. The Morgan fingerprint density at radius 3 is 1.62 bits per heavy atom. The standard InChI is InChI=1S/C62H77ClN16O13S2/c1-32(80)51(60(90)74-49(31-94)57(87)70-44(52(66)82)28-36-9-16-37-6-2-3-7-38(37)24-36)77-54(84)43(8-4-5-23-64)78-79-59(89)46(27-35-14-21-41(22-15-35)69-61(67)91)72-56(86)45(26-34-12-19-40(20-13-34)68-55(85)47-29-50(81)76-62(92)75-47)71-58(88)48(30-93)73-53(83)42(65)25-33-10-17-39(63)18-11-33/h2-3,6-7,9-22,24,32,42-49,51,78,80,93-94H,4-5,8,23,25-31,64-65H2,1H3,(H2,66,82)(H,68,85)(H,70,87)(H,71,88)(H,72,86)(H,73,83)(H,74,90)(H,77,84)(H,79,89)(H3,67,69,91)(H2,75,76,81,92)/t32-,42-,43+,44+,45-,46-,47?,48-,49+,51+/m1/s1. The van der Waals surface area contributed by atoms with E-state index in [-0.39, 0.29) is 74.4 Å². The van der Waals surface area contributed by atoms with Gasteiger partial charge in [0.05, 0.1) is 18.6 Å². The minimum atomic E-state index is -1.72. The molecule has 1 heterocycles. The maximum atomic E-state index is 14.8. The molecule has 1 unspecified atom stereocenters. The molecule has 32 heteroatoms. The summed E-state index contributed by atoms with van der Waals surface area (Å²) >= 11 is 14.6. The normalized spacial score (nSPS) is 15.6. The molecule has 0 aromatic heterocycles. The van der Waals surface area contributed by atoms with Crippen LogP contribution in [0, 0.1) is 0 Å². The van der Waals surface area contributed by atoms with Crippen molar-refractivity contribution in [1.82, 2.24) is 53.4 Å². The number of carbonyl (C=O) groups is 12. The van der Waals surface area contributed by atoms with E-state index in [0.717, 1.165) is 10.8 Å². The van der Waals surface area contributed by atoms with Crippen molar-refractivity contribution >= 4 is 130 Å². The molecule has 0 spiro atoms. The lowest BCUT2D eigenvalue weighted by atomic mass is 10.0. The Morgan fingerprint density at radius 1 is 0.574 bits per heavy atom. The minimum Gasteiger partial charge on any atom is -0.391 e. The maximum absolute atomic E-state index is 14.8. The van der Waals surface area contributed by atoms with E-state index in [2.05, 4.69) is 84.0 Å². The molecule has 14 amide bonds. The van der Waals surface area contributed by atoms with Gasteiger partial charge in [0.25, 0.3) is 5.91 Å². The number of halogens is 1. The van der Waals surface area contributed by atoms with Crippen LogP contribution in [0.3, 0.4) is 0 Å². The van der Waals surface area contributed by atoms with E-state index in [1.165, 1.54) is 55.5 Å². The molecular weight excluding hydrogens is 1280 g/mol. The number of fused-ring (bicyclic) bond motifs is 1. The highest BCUT2D eigenvalue weighted by molar-refractivity contribution is 7.80. The molecule has 5 aromatic carbocycles. The number of rotatable bonds is 34. The van der Waals surface area contributed by atoms with Gasteiger partial charge in [0, 0.05) is 47.2 Å². The van der Waals surface area contributed by atoms with E-state index in [1.807, 2.05) is 41.7 Å². The molecule has 0 bridgehead atoms. The fourth-order valence-corrected chi connectivity index (χ4v) is 10.3. The minimum absolute atomic E-state index is 0.00960. The lowest BCUT2D eigenvalue weighted by Gasteiger charge is -2.28. The second-order valence-corrected chi connectivity index (χ2v) is 23.3. The van der Waals surface area contributed by atoms with E-state index in [1.54, 1.807) is 30.3 Å². The molecule has 0 saturated carbocycles. The number of hydrogen-bond donors (Lipinski definition) is 19. The Bertz CT molecular complexity index is 3520. The van der Waals surface area contributed by atoms with Crippen molar-refractivity contribution in [3.63, 3.8) is 0 Å². The number of nitrogens with two attached hydrogens (primary N) is 4. The summed E-state index contributed by atoms with van der Waals surface area (Å²) in [6.07, 6.45) is -1.78. The van der Waals surface area contributed by atoms with Crippen LogP contribution in [0.25, 0.3) is 10.8 Å². The Kier molecular flexibility index (Phi) is 28.4. The molecule has 502 valence electrons. The second-order valence-electron chi connectivity index (χ2n) is 22.2. The lowest BCUT2D eigenvalue weighted by Crippen LogP contribution is -2.63. The number of aliphatic hydroxyl groups is 1. The largest absolute Gasteiger partial charge is 0.391 e. The van der Waals surface area contributed by atoms with Crippen LogP contribution in [-0.2, 0) is 73.6 Å². The zero-order chi connectivity index (χ0) is 68.6. The van der Waals surface area contributed by atoms with Gasteiger partial charge in [-0.2, -0.15) is 25.3 Å². The fourth-order valence-electron chi connectivity index (χ4n) is 9.68. The lowest BCUT2D eigenvalue weighted by molar-refractivity contribution is -0.136. The van der Waals surface area contributed by atoms with Gasteiger partial charge >= 0.3 is 12.1 Å². The number of amides is 14. The van der Waals surface area contributed by atoms with Gasteiger partial charge in [0.2, 0.25) is 53.2 Å². The average molecular weight is 1350 g/mol. The first-order chi connectivity index (χ1) is 44.8. The quantitative estimate of drug-likeness (QED) is 0.0132. The van der Waals surface area contributed by atoms with Crippen LogP contribution in [0.1, 0.15) is 54.9 Å². The summed E-state index contributed by atoms with van der Waals surface area (Å²) in [6, 6.07) is 17.3. The van der Waals surface area contributed by atoms with Crippen molar-refractivity contribution in [2.24, 2.45) is 22.9 Å². The third kappa shape index (κ3) is 23.0. The van der Waals surface area contributed by atoms with E-state index in [4.69, 9.17) is 34.5 Å².